The number of morpholine rings is 1. The van der Waals surface area contributed by atoms with E-state index in [4.69, 9.17) is 9.84 Å². The molecule has 1 heterocycles. The van der Waals surface area contributed by atoms with Crippen LogP contribution in [0.25, 0.3) is 0 Å². The van der Waals surface area contributed by atoms with Crippen molar-refractivity contribution in [3.8, 4) is 0 Å². The minimum Gasteiger partial charge on any atom is -0.477 e. The van der Waals surface area contributed by atoms with Crippen LogP contribution in [-0.4, -0.2) is 79.1 Å². The predicted molar refractivity (Wildman–Crippen MR) is 67.1 cm³/mol. The van der Waals surface area contributed by atoms with E-state index in [1.54, 1.807) is 0 Å². The average molecular weight is 501 g/mol. The number of hydrogen-bond acceptors (Lipinski definition) is 3. The summed E-state index contributed by atoms with van der Waals surface area (Å²) in [6, 6.07) is 0. The van der Waals surface area contributed by atoms with Crippen LogP contribution in [0.4, 0.5) is 65.9 Å². The van der Waals surface area contributed by atoms with Crippen molar-refractivity contribution in [2.24, 2.45) is 0 Å². The SMILES string of the molecule is C1COCCN1.O=C(O)C(F)(F)C(F)(F)C(F)(F)C(F)(F)C(F)(F)C(F)(F)C(F)(F)F. The molecule has 0 amide bonds. The number of halogens is 15. The molecule has 2 N–H and O–H groups in total. The van der Waals surface area contributed by atoms with Crippen LogP contribution in [0, 0.1) is 0 Å². The first-order valence-corrected chi connectivity index (χ1v) is 7.30. The molecule has 0 saturated carbocycles. The average Bonchev–Trinajstić information content (AvgIpc) is 2.61. The third-order valence-corrected chi connectivity index (χ3v) is 3.44. The Morgan fingerprint density at radius 1 is 0.613 bits per heavy atom. The van der Waals surface area contributed by atoms with Crippen molar-refractivity contribution >= 4 is 5.97 Å². The number of carboxylic acids is 1. The van der Waals surface area contributed by atoms with Crippen molar-refractivity contribution in [2.75, 3.05) is 26.3 Å². The highest BCUT2D eigenvalue weighted by molar-refractivity contribution is 5.77. The number of alkyl halides is 15. The van der Waals surface area contributed by atoms with E-state index in [1.807, 2.05) is 0 Å². The number of carboxylic acid groups (broad SMARTS) is 1. The third-order valence-electron chi connectivity index (χ3n) is 3.44. The Hall–Kier alpha value is -1.66. The van der Waals surface area contributed by atoms with Crippen LogP contribution in [0.5, 0.6) is 0 Å². The summed E-state index contributed by atoms with van der Waals surface area (Å²) < 4.78 is 192. The smallest absolute Gasteiger partial charge is 0.460 e. The quantitative estimate of drug-likeness (QED) is 0.540. The van der Waals surface area contributed by atoms with Gasteiger partial charge in [0.05, 0.1) is 13.2 Å². The Morgan fingerprint density at radius 2 is 0.935 bits per heavy atom. The Labute approximate surface area is 161 Å². The molecule has 1 fully saturated rings. The van der Waals surface area contributed by atoms with Crippen molar-refractivity contribution in [3.05, 3.63) is 0 Å². The first-order valence-electron chi connectivity index (χ1n) is 7.30. The van der Waals surface area contributed by atoms with Gasteiger partial charge in [-0.1, -0.05) is 0 Å². The molecule has 0 radical (unpaired) electrons. The fourth-order valence-corrected chi connectivity index (χ4v) is 1.62. The second kappa shape index (κ2) is 8.70. The molecule has 1 aliphatic heterocycles. The molecule has 0 aromatic rings. The molecule has 1 rings (SSSR count). The van der Waals surface area contributed by atoms with E-state index in [9.17, 15) is 70.7 Å². The minimum absolute atomic E-state index is 0.889. The summed E-state index contributed by atoms with van der Waals surface area (Å²) in [6.45, 7) is 3.83. The van der Waals surface area contributed by atoms with E-state index in [0.717, 1.165) is 26.3 Å². The Kier molecular flexibility index (Phi) is 8.24. The molecule has 0 unspecified atom stereocenters. The van der Waals surface area contributed by atoms with Crippen molar-refractivity contribution < 1.29 is 80.5 Å². The fourth-order valence-electron chi connectivity index (χ4n) is 1.62. The van der Waals surface area contributed by atoms with Gasteiger partial charge in [0.25, 0.3) is 0 Å². The lowest BCUT2D eigenvalue weighted by Gasteiger charge is -2.40. The van der Waals surface area contributed by atoms with Gasteiger partial charge in [-0.05, 0) is 0 Å². The van der Waals surface area contributed by atoms with Gasteiger partial charge in [-0.25, -0.2) is 4.79 Å². The van der Waals surface area contributed by atoms with Crippen LogP contribution in [0.2, 0.25) is 0 Å². The van der Waals surface area contributed by atoms with Gasteiger partial charge in [0.2, 0.25) is 0 Å². The molecule has 186 valence electrons. The highest BCUT2D eigenvalue weighted by Gasteiger charge is 2.94. The number of carbonyl (C=O) groups is 1. The lowest BCUT2D eigenvalue weighted by Crippen LogP contribution is -2.73. The van der Waals surface area contributed by atoms with Gasteiger partial charge in [0, 0.05) is 13.1 Å². The summed E-state index contributed by atoms with van der Waals surface area (Å²) in [7, 11) is 0. The summed E-state index contributed by atoms with van der Waals surface area (Å²) in [5.74, 6) is -52.8. The first kappa shape index (κ1) is 29.3. The maximum Gasteiger partial charge on any atom is 0.460 e. The predicted octanol–water partition coefficient (Wildman–Crippen LogP) is 4.05. The van der Waals surface area contributed by atoms with E-state index >= 15 is 0 Å². The largest absolute Gasteiger partial charge is 0.477 e. The zero-order valence-corrected chi connectivity index (χ0v) is 14.3. The second-order valence-electron chi connectivity index (χ2n) is 5.61. The molecule has 1 saturated heterocycles. The normalized spacial score (nSPS) is 17.6. The van der Waals surface area contributed by atoms with Crippen LogP contribution in [0.3, 0.4) is 0 Å². The van der Waals surface area contributed by atoms with Crippen molar-refractivity contribution in [1.29, 1.82) is 0 Å². The second-order valence-corrected chi connectivity index (χ2v) is 5.61. The Balaban J connectivity index is 0.00000127. The standard InChI is InChI=1S/C8HF15O2.C4H9NO/c9-2(10,1(24)25)3(11,12)4(13,14)5(15,16)6(17,18)7(19,20)8(21,22)23;1-3-6-4-2-5-1/h(H,24,25);5H,1-4H2. The molecule has 4 nitrogen and oxygen atoms in total. The molecule has 0 aromatic heterocycles. The molecule has 0 aromatic carbocycles. The highest BCUT2D eigenvalue weighted by atomic mass is 19.4. The molecule has 0 bridgehead atoms. The summed E-state index contributed by atoms with van der Waals surface area (Å²) in [4.78, 5) is 9.72. The van der Waals surface area contributed by atoms with E-state index in [-0.39, 0.29) is 0 Å². The van der Waals surface area contributed by atoms with Crippen molar-refractivity contribution in [3.63, 3.8) is 0 Å². The molecule has 1 aliphatic rings. The van der Waals surface area contributed by atoms with Crippen LogP contribution in [0.1, 0.15) is 0 Å². The maximum atomic E-state index is 12.8. The highest BCUT2D eigenvalue weighted by Crippen LogP contribution is 2.62. The van der Waals surface area contributed by atoms with E-state index < -0.39 is 47.7 Å². The Morgan fingerprint density at radius 3 is 1.16 bits per heavy atom. The lowest BCUT2D eigenvalue weighted by molar-refractivity contribution is -0.450. The number of ether oxygens (including phenoxy) is 1. The van der Waals surface area contributed by atoms with Gasteiger partial charge >= 0.3 is 47.7 Å². The maximum absolute atomic E-state index is 12.8. The van der Waals surface area contributed by atoms with Gasteiger partial charge < -0.3 is 15.2 Å². The summed E-state index contributed by atoms with van der Waals surface area (Å²) >= 11 is 0. The third kappa shape index (κ3) is 4.75. The van der Waals surface area contributed by atoms with Crippen LogP contribution < -0.4 is 5.32 Å². The lowest BCUT2D eigenvalue weighted by atomic mass is 9.91. The number of rotatable bonds is 6. The molecule has 31 heavy (non-hydrogen) atoms. The Bertz CT molecular complexity index is 616. The monoisotopic (exact) mass is 501 g/mol. The number of nitrogens with one attached hydrogen (secondary N) is 1. The van der Waals surface area contributed by atoms with Gasteiger partial charge in [-0.15, -0.1) is 0 Å². The number of hydrogen-bond donors (Lipinski definition) is 2. The van der Waals surface area contributed by atoms with Gasteiger partial charge in [0.1, 0.15) is 0 Å². The topological polar surface area (TPSA) is 58.6 Å². The van der Waals surface area contributed by atoms with Crippen molar-refractivity contribution in [1.82, 2.24) is 5.32 Å². The molecular weight excluding hydrogens is 491 g/mol. The van der Waals surface area contributed by atoms with E-state index in [1.165, 1.54) is 0 Å². The van der Waals surface area contributed by atoms with Crippen LogP contribution in [-0.2, 0) is 9.53 Å². The minimum atomic E-state index is -8.47. The molecular formula is C12H10F15NO3. The first-order chi connectivity index (χ1) is 13.4. The van der Waals surface area contributed by atoms with Crippen molar-refractivity contribution in [2.45, 2.75) is 41.7 Å². The van der Waals surface area contributed by atoms with E-state index in [0.29, 0.717) is 0 Å². The van der Waals surface area contributed by atoms with Gasteiger partial charge in [0.15, 0.2) is 0 Å². The van der Waals surface area contributed by atoms with Crippen LogP contribution in [0.15, 0.2) is 0 Å². The van der Waals surface area contributed by atoms with E-state index in [2.05, 4.69) is 5.32 Å². The molecule has 19 heteroatoms. The fraction of sp³-hybridized carbons (Fsp3) is 0.917. The zero-order valence-electron chi connectivity index (χ0n) is 14.3. The molecule has 0 atom stereocenters. The molecule has 0 aliphatic carbocycles. The van der Waals surface area contributed by atoms with Gasteiger partial charge in [-0.2, -0.15) is 65.9 Å². The summed E-state index contributed by atoms with van der Waals surface area (Å²) in [6.07, 6.45) is -7.69. The van der Waals surface area contributed by atoms with Gasteiger partial charge in [-0.3, -0.25) is 0 Å². The number of aliphatic carboxylic acids is 1. The molecule has 0 spiro atoms. The zero-order chi connectivity index (χ0) is 25.3. The summed E-state index contributed by atoms with van der Waals surface area (Å²) in [5, 5.41) is 10.7. The summed E-state index contributed by atoms with van der Waals surface area (Å²) in [5.41, 5.74) is 0. The van der Waals surface area contributed by atoms with Crippen LogP contribution >= 0.6 is 0 Å².